The summed E-state index contributed by atoms with van der Waals surface area (Å²) in [4.78, 5) is 12.3. The van der Waals surface area contributed by atoms with Crippen molar-refractivity contribution in [3.63, 3.8) is 0 Å². The summed E-state index contributed by atoms with van der Waals surface area (Å²) in [5, 5.41) is 3.24. The molecule has 0 heterocycles. The Hall–Kier alpha value is -1.26. The normalized spacial score (nSPS) is 10.7. The molecule has 0 aliphatic rings. The molecule has 18 heavy (non-hydrogen) atoms. The van der Waals surface area contributed by atoms with Crippen LogP contribution in [-0.2, 0) is 9.53 Å². The van der Waals surface area contributed by atoms with E-state index in [0.29, 0.717) is 13.2 Å². The average molecular weight is 265 g/mol. The van der Waals surface area contributed by atoms with Crippen molar-refractivity contribution in [2.45, 2.75) is 11.8 Å². The number of carbonyl (C=O) groups excluding carboxylic acids is 1. The van der Waals surface area contributed by atoms with Crippen molar-refractivity contribution in [3.05, 3.63) is 42.5 Å². The molecule has 0 saturated carbocycles. The monoisotopic (exact) mass is 265 g/mol. The van der Waals surface area contributed by atoms with Crippen LogP contribution in [0.1, 0.15) is 6.92 Å². The Kier molecular flexibility index (Phi) is 8.01. The van der Waals surface area contributed by atoms with Gasteiger partial charge in [0.25, 0.3) is 0 Å². The van der Waals surface area contributed by atoms with Gasteiger partial charge in [-0.15, -0.1) is 11.8 Å². The number of rotatable bonds is 8. The van der Waals surface area contributed by atoms with E-state index < -0.39 is 0 Å². The number of hydrogen-bond acceptors (Lipinski definition) is 4. The third kappa shape index (κ3) is 7.14. The summed E-state index contributed by atoms with van der Waals surface area (Å²) in [5.74, 6) is 0.732. The molecular formula is C14H19NO2S. The van der Waals surface area contributed by atoms with Gasteiger partial charge >= 0.3 is 5.97 Å². The molecule has 0 atom stereocenters. The molecule has 3 nitrogen and oxygen atoms in total. The number of hydrogen-bond donors (Lipinski definition) is 1. The zero-order chi connectivity index (χ0) is 13.1. The summed E-state index contributed by atoms with van der Waals surface area (Å²) < 4.78 is 4.77. The summed E-state index contributed by atoms with van der Waals surface area (Å²) >= 11 is 1.81. The van der Waals surface area contributed by atoms with Crippen LogP contribution in [0.5, 0.6) is 0 Å². The molecule has 0 aliphatic heterocycles. The van der Waals surface area contributed by atoms with E-state index in [1.165, 1.54) is 11.0 Å². The molecule has 0 unspecified atom stereocenters. The van der Waals surface area contributed by atoms with Crippen molar-refractivity contribution in [1.29, 1.82) is 0 Å². The first kappa shape index (κ1) is 14.8. The van der Waals surface area contributed by atoms with Gasteiger partial charge in [0.1, 0.15) is 0 Å². The highest BCUT2D eigenvalue weighted by molar-refractivity contribution is 7.99. The molecule has 1 aromatic carbocycles. The average Bonchev–Trinajstić information content (AvgIpc) is 2.39. The van der Waals surface area contributed by atoms with Crippen LogP contribution in [-0.4, -0.2) is 31.4 Å². The SMILES string of the molecule is CCOC(=O)/C=C/CNCCSc1ccccc1. The summed E-state index contributed by atoms with van der Waals surface area (Å²) in [6, 6.07) is 10.3. The lowest BCUT2D eigenvalue weighted by atomic mass is 10.4. The fraction of sp³-hybridized carbons (Fsp3) is 0.357. The van der Waals surface area contributed by atoms with E-state index in [-0.39, 0.29) is 5.97 Å². The molecule has 98 valence electrons. The second-order valence-corrected chi connectivity index (χ2v) is 4.69. The molecule has 0 bridgehead atoms. The lowest BCUT2D eigenvalue weighted by Crippen LogP contribution is -2.17. The van der Waals surface area contributed by atoms with E-state index in [2.05, 4.69) is 17.4 Å². The summed E-state index contributed by atoms with van der Waals surface area (Å²) in [6.07, 6.45) is 3.24. The molecule has 0 radical (unpaired) electrons. The first-order valence-corrected chi connectivity index (χ1v) is 7.03. The fourth-order valence-electron chi connectivity index (χ4n) is 1.29. The van der Waals surface area contributed by atoms with Crippen LogP contribution in [0.4, 0.5) is 0 Å². The maximum absolute atomic E-state index is 11.0. The van der Waals surface area contributed by atoms with Crippen molar-refractivity contribution in [2.75, 3.05) is 25.4 Å². The van der Waals surface area contributed by atoms with Gasteiger partial charge in [0.15, 0.2) is 0 Å². The van der Waals surface area contributed by atoms with Crippen molar-refractivity contribution in [1.82, 2.24) is 5.32 Å². The second kappa shape index (κ2) is 9.74. The largest absolute Gasteiger partial charge is 0.463 e. The second-order valence-electron chi connectivity index (χ2n) is 3.52. The molecule has 0 aromatic heterocycles. The van der Waals surface area contributed by atoms with Gasteiger partial charge in [-0.1, -0.05) is 24.3 Å². The van der Waals surface area contributed by atoms with Gasteiger partial charge < -0.3 is 10.1 Å². The highest BCUT2D eigenvalue weighted by Crippen LogP contribution is 2.15. The number of nitrogens with one attached hydrogen (secondary N) is 1. The summed E-state index contributed by atoms with van der Waals surface area (Å²) in [6.45, 7) is 3.82. The van der Waals surface area contributed by atoms with E-state index >= 15 is 0 Å². The molecule has 0 fully saturated rings. The van der Waals surface area contributed by atoms with Gasteiger partial charge in [-0.3, -0.25) is 0 Å². The molecule has 4 heteroatoms. The lowest BCUT2D eigenvalue weighted by molar-refractivity contribution is -0.137. The Balaban J connectivity index is 2.01. The molecule has 1 aromatic rings. The Labute approximate surface area is 113 Å². The Bertz CT molecular complexity index is 365. The van der Waals surface area contributed by atoms with E-state index in [1.54, 1.807) is 13.0 Å². The Morgan fingerprint density at radius 2 is 2.17 bits per heavy atom. The Morgan fingerprint density at radius 1 is 1.39 bits per heavy atom. The number of benzene rings is 1. The van der Waals surface area contributed by atoms with Crippen LogP contribution in [0.2, 0.25) is 0 Å². The number of esters is 1. The highest BCUT2D eigenvalue weighted by Gasteiger charge is 1.93. The maximum Gasteiger partial charge on any atom is 0.330 e. The lowest BCUT2D eigenvalue weighted by Gasteiger charge is -2.02. The van der Waals surface area contributed by atoms with Crippen LogP contribution < -0.4 is 5.32 Å². The van der Waals surface area contributed by atoms with E-state index in [1.807, 2.05) is 30.0 Å². The zero-order valence-electron chi connectivity index (χ0n) is 10.6. The van der Waals surface area contributed by atoms with Crippen LogP contribution in [0.3, 0.4) is 0 Å². The van der Waals surface area contributed by atoms with Crippen LogP contribution in [0.15, 0.2) is 47.4 Å². The fourth-order valence-corrected chi connectivity index (χ4v) is 2.12. The molecule has 0 aliphatic carbocycles. The molecule has 0 amide bonds. The van der Waals surface area contributed by atoms with Crippen molar-refractivity contribution in [2.24, 2.45) is 0 Å². The van der Waals surface area contributed by atoms with E-state index in [0.717, 1.165) is 12.3 Å². The first-order chi connectivity index (χ1) is 8.83. The van der Waals surface area contributed by atoms with E-state index in [9.17, 15) is 4.79 Å². The van der Waals surface area contributed by atoms with Gasteiger partial charge in [0, 0.05) is 29.8 Å². The topological polar surface area (TPSA) is 38.3 Å². The van der Waals surface area contributed by atoms with Crippen LogP contribution >= 0.6 is 11.8 Å². The smallest absolute Gasteiger partial charge is 0.330 e. The van der Waals surface area contributed by atoms with Gasteiger partial charge in [0.05, 0.1) is 6.61 Å². The number of thioether (sulfide) groups is 1. The zero-order valence-corrected chi connectivity index (χ0v) is 11.4. The minimum atomic E-state index is -0.280. The number of ether oxygens (including phenoxy) is 1. The summed E-state index contributed by atoms with van der Waals surface area (Å²) in [5.41, 5.74) is 0. The maximum atomic E-state index is 11.0. The minimum absolute atomic E-state index is 0.280. The van der Waals surface area contributed by atoms with Crippen molar-refractivity contribution >= 4 is 17.7 Å². The van der Waals surface area contributed by atoms with Crippen molar-refractivity contribution in [3.8, 4) is 0 Å². The number of carbonyl (C=O) groups is 1. The molecule has 0 spiro atoms. The quantitative estimate of drug-likeness (QED) is 0.339. The van der Waals surface area contributed by atoms with Gasteiger partial charge in [0.2, 0.25) is 0 Å². The molecule has 0 saturated heterocycles. The molecular weight excluding hydrogens is 246 g/mol. The molecule has 1 N–H and O–H groups in total. The van der Waals surface area contributed by atoms with Crippen molar-refractivity contribution < 1.29 is 9.53 Å². The summed E-state index contributed by atoms with van der Waals surface area (Å²) in [7, 11) is 0. The minimum Gasteiger partial charge on any atom is -0.463 e. The third-order valence-corrected chi connectivity index (χ3v) is 3.11. The van der Waals surface area contributed by atoms with Crippen LogP contribution in [0.25, 0.3) is 0 Å². The predicted octanol–water partition coefficient (Wildman–Crippen LogP) is 2.49. The van der Waals surface area contributed by atoms with Gasteiger partial charge in [-0.05, 0) is 19.1 Å². The van der Waals surface area contributed by atoms with Gasteiger partial charge in [-0.2, -0.15) is 0 Å². The predicted molar refractivity (Wildman–Crippen MR) is 75.8 cm³/mol. The van der Waals surface area contributed by atoms with Gasteiger partial charge in [-0.25, -0.2) is 4.79 Å². The first-order valence-electron chi connectivity index (χ1n) is 6.04. The third-order valence-electron chi connectivity index (χ3n) is 2.09. The Morgan fingerprint density at radius 3 is 2.89 bits per heavy atom. The van der Waals surface area contributed by atoms with Crippen LogP contribution in [0, 0.1) is 0 Å². The standard InChI is InChI=1S/C14H19NO2S/c1-2-17-14(16)9-6-10-15-11-12-18-13-7-4-3-5-8-13/h3-9,15H,2,10-12H2,1H3/b9-6+. The molecule has 1 rings (SSSR count). The van der Waals surface area contributed by atoms with E-state index in [4.69, 9.17) is 4.74 Å². The highest BCUT2D eigenvalue weighted by atomic mass is 32.2.